The Bertz CT molecular complexity index is 311. The molecule has 0 radical (unpaired) electrons. The Morgan fingerprint density at radius 3 is 2.85 bits per heavy atom. The van der Waals surface area contributed by atoms with Gasteiger partial charge in [-0.1, -0.05) is 25.5 Å². The Hall–Kier alpha value is -0.340. The zero-order chi connectivity index (χ0) is 14.4. The molecule has 0 aromatic rings. The van der Waals surface area contributed by atoms with Crippen LogP contribution in [-0.2, 0) is 0 Å². The Morgan fingerprint density at radius 1 is 1.30 bits per heavy atom. The minimum Gasteiger partial charge on any atom is -0.314 e. The molecule has 0 amide bonds. The molecule has 1 fully saturated rings. The smallest absolute Gasteiger partial charge is 0.0120 e. The van der Waals surface area contributed by atoms with Crippen LogP contribution in [0.4, 0.5) is 0 Å². The molecule has 20 heavy (non-hydrogen) atoms. The molecule has 2 heteroatoms. The lowest BCUT2D eigenvalue weighted by atomic mass is 9.86. The molecule has 3 unspecified atom stereocenters. The van der Waals surface area contributed by atoms with Crippen LogP contribution in [0.25, 0.3) is 0 Å². The lowest BCUT2D eigenvalue weighted by Crippen LogP contribution is -2.53. The SMILES string of the molecule is CCCNC1CCN(CCC2=CCCCC2)C(C)C1C. The average molecular weight is 278 g/mol. The van der Waals surface area contributed by atoms with Gasteiger partial charge >= 0.3 is 0 Å². The normalized spacial score (nSPS) is 32.1. The van der Waals surface area contributed by atoms with E-state index < -0.39 is 0 Å². The van der Waals surface area contributed by atoms with Gasteiger partial charge in [-0.25, -0.2) is 0 Å². The van der Waals surface area contributed by atoms with Gasteiger partial charge in [0.1, 0.15) is 0 Å². The van der Waals surface area contributed by atoms with Crippen molar-refractivity contribution >= 4 is 0 Å². The van der Waals surface area contributed by atoms with E-state index in [0.717, 1.165) is 18.0 Å². The fourth-order valence-corrected chi connectivity index (χ4v) is 3.79. The predicted octanol–water partition coefficient (Wildman–Crippen LogP) is 3.98. The first-order chi connectivity index (χ1) is 9.72. The van der Waals surface area contributed by atoms with E-state index in [4.69, 9.17) is 0 Å². The Labute approximate surface area is 126 Å². The molecule has 0 spiro atoms. The summed E-state index contributed by atoms with van der Waals surface area (Å²) in [5, 5.41) is 3.74. The van der Waals surface area contributed by atoms with Crippen LogP contribution in [0, 0.1) is 5.92 Å². The number of nitrogens with one attached hydrogen (secondary N) is 1. The first-order valence-electron chi connectivity index (χ1n) is 8.87. The van der Waals surface area contributed by atoms with Crippen molar-refractivity contribution in [1.29, 1.82) is 0 Å². The second-order valence-corrected chi connectivity index (χ2v) is 6.84. The van der Waals surface area contributed by atoms with Crippen molar-refractivity contribution in [1.82, 2.24) is 10.2 Å². The van der Waals surface area contributed by atoms with Crippen LogP contribution < -0.4 is 5.32 Å². The highest BCUT2D eigenvalue weighted by Gasteiger charge is 2.31. The van der Waals surface area contributed by atoms with E-state index in [1.807, 2.05) is 0 Å². The monoisotopic (exact) mass is 278 g/mol. The molecule has 3 atom stereocenters. The molecular formula is C18H34N2. The van der Waals surface area contributed by atoms with Crippen molar-refractivity contribution < 1.29 is 0 Å². The van der Waals surface area contributed by atoms with Crippen LogP contribution in [0.15, 0.2) is 11.6 Å². The van der Waals surface area contributed by atoms with Crippen LogP contribution in [-0.4, -0.2) is 36.6 Å². The molecule has 1 aliphatic carbocycles. The molecule has 2 nitrogen and oxygen atoms in total. The van der Waals surface area contributed by atoms with Crippen molar-refractivity contribution in [2.75, 3.05) is 19.6 Å². The van der Waals surface area contributed by atoms with E-state index in [1.165, 1.54) is 64.6 Å². The van der Waals surface area contributed by atoms with Crippen LogP contribution in [0.5, 0.6) is 0 Å². The molecule has 0 saturated carbocycles. The van der Waals surface area contributed by atoms with Gasteiger partial charge in [-0.05, 0) is 70.9 Å². The van der Waals surface area contributed by atoms with Gasteiger partial charge in [-0.3, -0.25) is 4.90 Å². The summed E-state index contributed by atoms with van der Waals surface area (Å²) in [7, 11) is 0. The quantitative estimate of drug-likeness (QED) is 0.739. The molecule has 2 aliphatic rings. The van der Waals surface area contributed by atoms with Crippen molar-refractivity contribution in [3.05, 3.63) is 11.6 Å². The molecule has 0 aromatic heterocycles. The lowest BCUT2D eigenvalue weighted by Gasteiger charge is -2.43. The van der Waals surface area contributed by atoms with Crippen LogP contribution in [0.1, 0.15) is 65.7 Å². The van der Waals surface area contributed by atoms with Crippen molar-refractivity contribution in [2.45, 2.75) is 77.8 Å². The van der Waals surface area contributed by atoms with E-state index in [2.05, 4.69) is 37.1 Å². The standard InChI is InChI=1S/C18H34N2/c1-4-12-19-18-11-14-20(16(3)15(18)2)13-10-17-8-6-5-7-9-17/h8,15-16,18-19H,4-7,9-14H2,1-3H3. The van der Waals surface area contributed by atoms with E-state index in [0.29, 0.717) is 0 Å². The van der Waals surface area contributed by atoms with Crippen LogP contribution >= 0.6 is 0 Å². The molecule has 2 rings (SSSR count). The number of hydrogen-bond donors (Lipinski definition) is 1. The summed E-state index contributed by atoms with van der Waals surface area (Å²) in [6, 6.07) is 1.46. The predicted molar refractivity (Wildman–Crippen MR) is 88.1 cm³/mol. The summed E-state index contributed by atoms with van der Waals surface area (Å²) in [5.74, 6) is 0.774. The number of nitrogens with zero attached hydrogens (tertiary/aromatic N) is 1. The zero-order valence-electron chi connectivity index (χ0n) is 13.8. The topological polar surface area (TPSA) is 15.3 Å². The lowest BCUT2D eigenvalue weighted by molar-refractivity contribution is 0.0858. The molecule has 1 aliphatic heterocycles. The summed E-state index contributed by atoms with van der Waals surface area (Å²) in [4.78, 5) is 2.73. The van der Waals surface area contributed by atoms with Crippen LogP contribution in [0.3, 0.4) is 0 Å². The molecule has 1 saturated heterocycles. The van der Waals surface area contributed by atoms with Gasteiger partial charge in [0.15, 0.2) is 0 Å². The summed E-state index contributed by atoms with van der Waals surface area (Å²) in [6.07, 6.45) is 11.9. The van der Waals surface area contributed by atoms with Crippen LogP contribution in [0.2, 0.25) is 0 Å². The number of likely N-dealkylation sites (tertiary alicyclic amines) is 1. The van der Waals surface area contributed by atoms with Gasteiger partial charge in [-0.2, -0.15) is 0 Å². The first kappa shape index (κ1) is 16.0. The maximum atomic E-state index is 3.74. The molecule has 0 aromatic carbocycles. The van der Waals surface area contributed by atoms with Gasteiger partial charge < -0.3 is 5.32 Å². The molecule has 1 heterocycles. The first-order valence-corrected chi connectivity index (χ1v) is 8.87. The minimum absolute atomic E-state index is 0.724. The zero-order valence-corrected chi connectivity index (χ0v) is 13.8. The Kier molecular flexibility index (Phi) is 6.57. The molecule has 1 N–H and O–H groups in total. The van der Waals surface area contributed by atoms with Crippen molar-refractivity contribution in [3.63, 3.8) is 0 Å². The van der Waals surface area contributed by atoms with Crippen molar-refractivity contribution in [3.8, 4) is 0 Å². The summed E-state index contributed by atoms with van der Waals surface area (Å²) in [5.41, 5.74) is 1.72. The molecule has 0 bridgehead atoms. The number of hydrogen-bond acceptors (Lipinski definition) is 2. The maximum Gasteiger partial charge on any atom is 0.0120 e. The highest BCUT2D eigenvalue weighted by molar-refractivity contribution is 5.05. The number of rotatable bonds is 6. The van der Waals surface area contributed by atoms with Gasteiger partial charge in [-0.15, -0.1) is 0 Å². The maximum absolute atomic E-state index is 3.74. The minimum atomic E-state index is 0.724. The fourth-order valence-electron chi connectivity index (χ4n) is 3.79. The highest BCUT2D eigenvalue weighted by atomic mass is 15.2. The van der Waals surface area contributed by atoms with Gasteiger partial charge in [0, 0.05) is 18.6 Å². The number of allylic oxidation sites excluding steroid dienone is 1. The molecule has 116 valence electrons. The summed E-state index contributed by atoms with van der Waals surface area (Å²) < 4.78 is 0. The van der Waals surface area contributed by atoms with E-state index in [-0.39, 0.29) is 0 Å². The van der Waals surface area contributed by atoms with E-state index in [1.54, 1.807) is 5.57 Å². The third-order valence-electron chi connectivity index (χ3n) is 5.46. The van der Waals surface area contributed by atoms with Gasteiger partial charge in [0.25, 0.3) is 0 Å². The molecular weight excluding hydrogens is 244 g/mol. The Morgan fingerprint density at radius 2 is 2.15 bits per heavy atom. The second-order valence-electron chi connectivity index (χ2n) is 6.84. The largest absolute Gasteiger partial charge is 0.314 e. The number of piperidine rings is 1. The van der Waals surface area contributed by atoms with Gasteiger partial charge in [0.2, 0.25) is 0 Å². The van der Waals surface area contributed by atoms with Gasteiger partial charge in [0.05, 0.1) is 0 Å². The average Bonchev–Trinajstić information content (AvgIpc) is 2.49. The summed E-state index contributed by atoms with van der Waals surface area (Å²) in [6.45, 7) is 10.9. The van der Waals surface area contributed by atoms with E-state index >= 15 is 0 Å². The van der Waals surface area contributed by atoms with Crippen molar-refractivity contribution in [2.24, 2.45) is 5.92 Å². The summed E-state index contributed by atoms with van der Waals surface area (Å²) >= 11 is 0. The van der Waals surface area contributed by atoms with E-state index in [9.17, 15) is 0 Å². The third kappa shape index (κ3) is 4.33. The second kappa shape index (κ2) is 8.19. The Balaban J connectivity index is 1.77. The fraction of sp³-hybridized carbons (Fsp3) is 0.889. The third-order valence-corrected chi connectivity index (χ3v) is 5.46. The highest BCUT2D eigenvalue weighted by Crippen LogP contribution is 2.26.